The summed E-state index contributed by atoms with van der Waals surface area (Å²) in [7, 11) is 0. The second-order valence-corrected chi connectivity index (χ2v) is 11.1. The Balaban J connectivity index is 1.51. The zero-order valence-electron chi connectivity index (χ0n) is 19.9. The summed E-state index contributed by atoms with van der Waals surface area (Å²) in [6.45, 7) is 5.10. The molecule has 2 aliphatic heterocycles. The topological polar surface area (TPSA) is 122 Å². The van der Waals surface area contributed by atoms with E-state index >= 15 is 0 Å². The van der Waals surface area contributed by atoms with Gasteiger partial charge < -0.3 is 26.5 Å². The normalized spacial score (nSPS) is 29.1. The highest BCUT2D eigenvalue weighted by atomic mass is 32.1. The van der Waals surface area contributed by atoms with Gasteiger partial charge in [0.05, 0.1) is 11.3 Å². The van der Waals surface area contributed by atoms with E-state index in [1.807, 2.05) is 0 Å². The Bertz CT molecular complexity index is 1140. The van der Waals surface area contributed by atoms with E-state index in [0.29, 0.717) is 46.4 Å². The van der Waals surface area contributed by atoms with Crippen LogP contribution in [0.5, 0.6) is 0 Å². The molecule has 1 aromatic heterocycles. The van der Waals surface area contributed by atoms with Crippen molar-refractivity contribution < 1.29 is 5.11 Å². The Hall–Kier alpha value is -2.63. The Morgan fingerprint density at radius 1 is 1.32 bits per heavy atom. The standard InChI is InChI=1S/C26H34N6OS/c1-16-15-30-12-5-13-32(16)21-9-2-7-19(31-21)23(33)17-6-3-10-26(24(17)28)11-4-8-20-22(26)18(14-27)25(29)34-20/h9,16,28,30,33H,2-8,10-13,15,29H2,1H3/b23-17-,28-24?/t16-,26-/m0/s1. The summed E-state index contributed by atoms with van der Waals surface area (Å²) in [6, 6.07) is 2.67. The van der Waals surface area contributed by atoms with Crippen LogP contribution in [0.3, 0.4) is 0 Å². The van der Waals surface area contributed by atoms with Crippen molar-refractivity contribution in [3.05, 3.63) is 39.2 Å². The fraction of sp³-hybridized carbons (Fsp3) is 0.577. The summed E-state index contributed by atoms with van der Waals surface area (Å²) >= 11 is 1.50. The summed E-state index contributed by atoms with van der Waals surface area (Å²) in [5, 5.41) is 34.7. The molecule has 3 heterocycles. The molecule has 0 bridgehead atoms. The molecular formula is C26H34N6OS. The molecule has 5 N–H and O–H groups in total. The molecule has 1 spiro atoms. The van der Waals surface area contributed by atoms with Crippen LogP contribution in [0.15, 0.2) is 28.2 Å². The maximum atomic E-state index is 11.5. The monoisotopic (exact) mass is 478 g/mol. The van der Waals surface area contributed by atoms with Crippen LogP contribution in [0, 0.1) is 16.7 Å². The highest BCUT2D eigenvalue weighted by Gasteiger charge is 2.47. The van der Waals surface area contributed by atoms with E-state index in [9.17, 15) is 15.8 Å². The minimum Gasteiger partial charge on any atom is -0.506 e. The predicted octanol–water partition coefficient (Wildman–Crippen LogP) is 4.55. The van der Waals surface area contributed by atoms with Gasteiger partial charge in [0.1, 0.15) is 22.7 Å². The molecule has 8 heteroatoms. The van der Waals surface area contributed by atoms with Crippen molar-refractivity contribution >= 4 is 27.8 Å². The van der Waals surface area contributed by atoms with E-state index in [2.05, 4.69) is 29.3 Å². The lowest BCUT2D eigenvalue weighted by Crippen LogP contribution is -2.43. The predicted molar refractivity (Wildman–Crippen MR) is 138 cm³/mol. The molecule has 5 rings (SSSR count). The SMILES string of the molecule is C[C@H]1CNCCCN1C1=CCCC(/C(O)=C2\CCC[C@@]3(CCCc4sc(N)c(C#N)c43)C2=N)=N1. The molecule has 1 saturated heterocycles. The van der Waals surface area contributed by atoms with Gasteiger partial charge in [-0.3, -0.25) is 0 Å². The number of nitriles is 1. The van der Waals surface area contributed by atoms with Gasteiger partial charge in [0, 0.05) is 40.7 Å². The minimum absolute atomic E-state index is 0.184. The number of anilines is 1. The molecule has 2 atom stereocenters. The number of aliphatic hydroxyl groups excluding tert-OH is 1. The molecule has 4 aliphatic rings. The molecule has 1 aromatic rings. The first kappa shape index (κ1) is 23.1. The maximum Gasteiger partial charge on any atom is 0.142 e. The molecule has 7 nitrogen and oxygen atoms in total. The number of fused-ring (bicyclic) bond motifs is 2. The number of aryl methyl sites for hydroxylation is 1. The smallest absolute Gasteiger partial charge is 0.142 e. The molecule has 0 unspecified atom stereocenters. The Labute approximate surface area is 205 Å². The maximum absolute atomic E-state index is 11.5. The van der Waals surface area contributed by atoms with Gasteiger partial charge in [0.25, 0.3) is 0 Å². The van der Waals surface area contributed by atoms with Crippen molar-refractivity contribution in [3.63, 3.8) is 0 Å². The van der Waals surface area contributed by atoms with E-state index in [4.69, 9.17) is 10.7 Å². The number of aliphatic hydroxyl groups is 1. The van der Waals surface area contributed by atoms with Gasteiger partial charge >= 0.3 is 0 Å². The molecule has 0 amide bonds. The first-order chi connectivity index (χ1) is 16.5. The molecule has 2 aliphatic carbocycles. The number of nitrogens with one attached hydrogen (secondary N) is 2. The van der Waals surface area contributed by atoms with Crippen LogP contribution in [0.2, 0.25) is 0 Å². The third-order valence-corrected chi connectivity index (χ3v) is 9.03. The molecule has 1 saturated carbocycles. The Morgan fingerprint density at radius 2 is 2.12 bits per heavy atom. The number of nitrogens with two attached hydrogens (primary N) is 1. The van der Waals surface area contributed by atoms with Gasteiger partial charge in [0.15, 0.2) is 0 Å². The highest BCUT2D eigenvalue weighted by Crippen LogP contribution is 2.52. The van der Waals surface area contributed by atoms with E-state index in [0.717, 1.165) is 80.8 Å². The second kappa shape index (κ2) is 9.20. The first-order valence-electron chi connectivity index (χ1n) is 12.5. The van der Waals surface area contributed by atoms with Crippen LogP contribution in [-0.2, 0) is 11.8 Å². The fourth-order valence-corrected chi connectivity index (χ4v) is 7.43. The van der Waals surface area contributed by atoms with Gasteiger partial charge in [-0.15, -0.1) is 11.3 Å². The molecule has 2 fully saturated rings. The average molecular weight is 479 g/mol. The molecular weight excluding hydrogens is 444 g/mol. The Kier molecular flexibility index (Phi) is 6.26. The lowest BCUT2D eigenvalue weighted by atomic mass is 9.60. The number of aliphatic imine (C=N–C) groups is 1. The van der Waals surface area contributed by atoms with Crippen molar-refractivity contribution in [2.24, 2.45) is 4.99 Å². The van der Waals surface area contributed by atoms with Gasteiger partial charge in [-0.2, -0.15) is 5.26 Å². The number of thiophene rings is 1. The number of rotatable bonds is 2. The minimum atomic E-state index is -0.521. The van der Waals surface area contributed by atoms with Crippen LogP contribution in [0.25, 0.3) is 0 Å². The third-order valence-electron chi connectivity index (χ3n) is 7.95. The zero-order chi connectivity index (χ0) is 23.9. The molecule has 0 aromatic carbocycles. The fourth-order valence-electron chi connectivity index (χ4n) is 6.27. The summed E-state index contributed by atoms with van der Waals surface area (Å²) < 4.78 is 0. The number of nitrogen functional groups attached to an aromatic ring is 1. The lowest BCUT2D eigenvalue weighted by molar-refractivity contribution is 0.279. The summed E-state index contributed by atoms with van der Waals surface area (Å²) in [5.41, 5.74) is 9.09. The van der Waals surface area contributed by atoms with Crippen LogP contribution in [0.1, 0.15) is 74.3 Å². The second-order valence-electron chi connectivity index (χ2n) is 10.0. The van der Waals surface area contributed by atoms with Gasteiger partial charge in [0.2, 0.25) is 0 Å². The summed E-state index contributed by atoms with van der Waals surface area (Å²) in [6.07, 6.45) is 9.87. The van der Waals surface area contributed by atoms with Crippen LogP contribution in [-0.4, -0.2) is 47.1 Å². The number of hydrogen-bond donors (Lipinski definition) is 4. The van der Waals surface area contributed by atoms with E-state index in [-0.39, 0.29) is 5.76 Å². The van der Waals surface area contributed by atoms with Crippen LogP contribution < -0.4 is 11.1 Å². The van der Waals surface area contributed by atoms with Crippen LogP contribution >= 0.6 is 11.3 Å². The van der Waals surface area contributed by atoms with E-state index in [1.54, 1.807) is 0 Å². The molecule has 180 valence electrons. The van der Waals surface area contributed by atoms with Crippen molar-refractivity contribution in [1.82, 2.24) is 10.2 Å². The number of nitrogens with zero attached hydrogens (tertiary/aromatic N) is 3. The van der Waals surface area contributed by atoms with Crippen molar-refractivity contribution in [3.8, 4) is 6.07 Å². The van der Waals surface area contributed by atoms with E-state index < -0.39 is 5.41 Å². The van der Waals surface area contributed by atoms with Crippen LogP contribution in [0.4, 0.5) is 5.00 Å². The number of hydrogen-bond acceptors (Lipinski definition) is 8. The van der Waals surface area contributed by atoms with Crippen molar-refractivity contribution in [2.45, 2.75) is 76.2 Å². The average Bonchev–Trinajstić information content (AvgIpc) is 3.03. The number of allylic oxidation sites excluding steroid dienone is 3. The van der Waals surface area contributed by atoms with Gasteiger partial charge in [-0.05, 0) is 82.9 Å². The quantitative estimate of drug-likeness (QED) is 0.465. The lowest BCUT2D eigenvalue weighted by Gasteiger charge is -2.42. The molecule has 34 heavy (non-hydrogen) atoms. The third kappa shape index (κ3) is 3.75. The highest BCUT2D eigenvalue weighted by molar-refractivity contribution is 7.16. The Morgan fingerprint density at radius 3 is 2.91 bits per heavy atom. The van der Waals surface area contributed by atoms with Crippen molar-refractivity contribution in [2.75, 3.05) is 25.4 Å². The van der Waals surface area contributed by atoms with Crippen molar-refractivity contribution in [1.29, 1.82) is 10.7 Å². The largest absolute Gasteiger partial charge is 0.506 e. The first-order valence-corrected chi connectivity index (χ1v) is 13.4. The van der Waals surface area contributed by atoms with Gasteiger partial charge in [-0.1, -0.05) is 0 Å². The van der Waals surface area contributed by atoms with Gasteiger partial charge in [-0.25, -0.2) is 4.99 Å². The summed E-state index contributed by atoms with van der Waals surface area (Å²) in [4.78, 5) is 8.41. The molecule has 0 radical (unpaired) electrons. The van der Waals surface area contributed by atoms with E-state index in [1.165, 1.54) is 11.3 Å². The zero-order valence-corrected chi connectivity index (χ0v) is 20.7. The summed E-state index contributed by atoms with van der Waals surface area (Å²) in [5.74, 6) is 1.13.